The van der Waals surface area contributed by atoms with Crippen molar-refractivity contribution in [1.29, 1.82) is 0 Å². The highest BCUT2D eigenvalue weighted by Crippen LogP contribution is 2.11. The minimum atomic E-state index is -0.511. The molecule has 0 saturated heterocycles. The van der Waals surface area contributed by atoms with Gasteiger partial charge in [-0.3, -0.25) is 14.4 Å². The molecule has 23 heavy (non-hydrogen) atoms. The Kier molecular flexibility index (Phi) is 8.82. The molecular weight excluding hydrogens is 316 g/mol. The van der Waals surface area contributed by atoms with Gasteiger partial charge in [-0.05, 0) is 36.4 Å². The van der Waals surface area contributed by atoms with Gasteiger partial charge in [0.1, 0.15) is 6.54 Å². The highest BCUT2D eigenvalue weighted by Gasteiger charge is 2.08. The topological polar surface area (TPSA) is 84.5 Å². The van der Waals surface area contributed by atoms with Crippen molar-refractivity contribution in [3.8, 4) is 0 Å². The van der Waals surface area contributed by atoms with E-state index in [1.54, 1.807) is 36.0 Å². The highest BCUT2D eigenvalue weighted by atomic mass is 32.2. The van der Waals surface area contributed by atoms with Crippen LogP contribution in [0.4, 0.5) is 5.69 Å². The quantitative estimate of drug-likeness (QED) is 0.532. The Bertz CT molecular complexity index is 531. The first-order valence-corrected chi connectivity index (χ1v) is 8.55. The largest absolute Gasteiger partial charge is 0.468 e. The lowest BCUT2D eigenvalue weighted by molar-refractivity contribution is -0.139. The highest BCUT2D eigenvalue weighted by molar-refractivity contribution is 7.99. The molecule has 0 heterocycles. The molecule has 0 fully saturated rings. The molecule has 2 amide bonds. The zero-order chi connectivity index (χ0) is 17.1. The first-order chi connectivity index (χ1) is 11.1. The van der Waals surface area contributed by atoms with Crippen LogP contribution in [0.3, 0.4) is 0 Å². The second-order valence-electron chi connectivity index (χ2n) is 4.79. The molecule has 0 atom stereocenters. The molecule has 7 heteroatoms. The number of carbonyl (C=O) groups excluding carboxylic acids is 3. The van der Waals surface area contributed by atoms with Crippen molar-refractivity contribution in [3.63, 3.8) is 0 Å². The Morgan fingerprint density at radius 3 is 2.48 bits per heavy atom. The van der Waals surface area contributed by atoms with E-state index in [0.717, 1.165) is 18.6 Å². The van der Waals surface area contributed by atoms with Gasteiger partial charge in [0.25, 0.3) is 5.91 Å². The van der Waals surface area contributed by atoms with E-state index in [1.165, 1.54) is 7.11 Å². The third-order valence-electron chi connectivity index (χ3n) is 2.93. The molecule has 0 radical (unpaired) electrons. The Morgan fingerprint density at radius 2 is 1.87 bits per heavy atom. The second kappa shape index (κ2) is 10.7. The molecule has 0 saturated carbocycles. The minimum Gasteiger partial charge on any atom is -0.468 e. The van der Waals surface area contributed by atoms with Gasteiger partial charge in [0.2, 0.25) is 5.91 Å². The van der Waals surface area contributed by atoms with Gasteiger partial charge in [-0.25, -0.2) is 0 Å². The van der Waals surface area contributed by atoms with E-state index >= 15 is 0 Å². The average molecular weight is 338 g/mol. The van der Waals surface area contributed by atoms with Gasteiger partial charge >= 0.3 is 5.97 Å². The second-order valence-corrected chi connectivity index (χ2v) is 5.90. The summed E-state index contributed by atoms with van der Waals surface area (Å²) in [5.74, 6) is 0.449. The normalized spacial score (nSPS) is 10.0. The summed E-state index contributed by atoms with van der Waals surface area (Å²) >= 11 is 1.60. The molecular formula is C16H22N2O4S. The summed E-state index contributed by atoms with van der Waals surface area (Å²) < 4.78 is 4.44. The van der Waals surface area contributed by atoms with E-state index in [0.29, 0.717) is 17.0 Å². The molecule has 0 aliphatic heterocycles. The van der Waals surface area contributed by atoms with Crippen molar-refractivity contribution in [2.75, 3.05) is 30.5 Å². The molecule has 0 aliphatic carbocycles. The Morgan fingerprint density at radius 1 is 1.17 bits per heavy atom. The van der Waals surface area contributed by atoms with Crippen LogP contribution >= 0.6 is 11.8 Å². The van der Waals surface area contributed by atoms with Gasteiger partial charge in [-0.1, -0.05) is 13.3 Å². The number of nitrogens with one attached hydrogen (secondary N) is 2. The maximum Gasteiger partial charge on any atom is 0.325 e. The molecule has 1 rings (SSSR count). The van der Waals surface area contributed by atoms with Gasteiger partial charge in [0.05, 0.1) is 12.9 Å². The van der Waals surface area contributed by atoms with Gasteiger partial charge in [-0.2, -0.15) is 11.8 Å². The van der Waals surface area contributed by atoms with E-state index in [1.807, 2.05) is 0 Å². The lowest BCUT2D eigenvalue weighted by Crippen LogP contribution is -2.30. The van der Waals surface area contributed by atoms with Crippen LogP contribution in [0.15, 0.2) is 24.3 Å². The third-order valence-corrected chi connectivity index (χ3v) is 3.97. The molecule has 0 aliphatic rings. The predicted molar refractivity (Wildman–Crippen MR) is 91.7 cm³/mol. The molecule has 0 unspecified atom stereocenters. The van der Waals surface area contributed by atoms with Crippen LogP contribution in [0.25, 0.3) is 0 Å². The molecule has 1 aromatic carbocycles. The standard InChI is InChI=1S/C16H22N2O4S/c1-3-4-9-23-11-14(19)18-13-7-5-12(6-8-13)16(21)17-10-15(20)22-2/h5-8H,3-4,9-11H2,1-2H3,(H,17,21)(H,18,19). The van der Waals surface area contributed by atoms with Crippen LogP contribution in [0.5, 0.6) is 0 Å². The van der Waals surface area contributed by atoms with Crippen molar-refractivity contribution >= 4 is 35.2 Å². The van der Waals surface area contributed by atoms with Crippen LogP contribution in [0.1, 0.15) is 30.1 Å². The number of hydrogen-bond donors (Lipinski definition) is 2. The van der Waals surface area contributed by atoms with Crippen LogP contribution in [-0.2, 0) is 14.3 Å². The number of anilines is 1. The fourth-order valence-electron chi connectivity index (χ4n) is 1.64. The van der Waals surface area contributed by atoms with Gasteiger partial charge in [0, 0.05) is 11.3 Å². The number of benzene rings is 1. The zero-order valence-corrected chi connectivity index (χ0v) is 14.2. The first-order valence-electron chi connectivity index (χ1n) is 7.39. The zero-order valence-electron chi connectivity index (χ0n) is 13.4. The molecule has 126 valence electrons. The Balaban J connectivity index is 2.42. The minimum absolute atomic E-state index is 0.0611. The first kappa shape index (κ1) is 19.0. The summed E-state index contributed by atoms with van der Waals surface area (Å²) in [7, 11) is 1.26. The number of methoxy groups -OCH3 is 1. The number of esters is 1. The summed E-state index contributed by atoms with van der Waals surface area (Å²) in [6.45, 7) is 1.94. The maximum absolute atomic E-state index is 11.8. The van der Waals surface area contributed by atoms with Crippen LogP contribution in [0, 0.1) is 0 Å². The SMILES string of the molecule is CCCCSCC(=O)Nc1ccc(C(=O)NCC(=O)OC)cc1. The van der Waals surface area contributed by atoms with Crippen LogP contribution < -0.4 is 10.6 Å². The van der Waals surface area contributed by atoms with Gasteiger partial charge in [0.15, 0.2) is 0 Å². The number of thioether (sulfide) groups is 1. The van der Waals surface area contributed by atoms with Crippen molar-refractivity contribution in [3.05, 3.63) is 29.8 Å². The summed E-state index contributed by atoms with van der Waals surface area (Å²) in [6, 6.07) is 6.49. The van der Waals surface area contributed by atoms with Gasteiger partial charge in [-0.15, -0.1) is 0 Å². The molecule has 1 aromatic rings. The molecule has 2 N–H and O–H groups in total. The molecule has 6 nitrogen and oxygen atoms in total. The molecule has 0 aromatic heterocycles. The Hall–Kier alpha value is -2.02. The predicted octanol–water partition coefficient (Wildman–Crippen LogP) is 2.06. The average Bonchev–Trinajstić information content (AvgIpc) is 2.57. The van der Waals surface area contributed by atoms with Crippen molar-refractivity contribution in [2.45, 2.75) is 19.8 Å². The van der Waals surface area contributed by atoms with Crippen molar-refractivity contribution in [2.24, 2.45) is 0 Å². The monoisotopic (exact) mass is 338 g/mol. The van der Waals surface area contributed by atoms with Crippen molar-refractivity contribution < 1.29 is 19.1 Å². The number of carbonyl (C=O) groups is 3. The van der Waals surface area contributed by atoms with Crippen molar-refractivity contribution in [1.82, 2.24) is 5.32 Å². The van der Waals surface area contributed by atoms with E-state index in [4.69, 9.17) is 0 Å². The third kappa shape index (κ3) is 7.69. The summed E-state index contributed by atoms with van der Waals surface area (Å²) in [5.41, 5.74) is 1.04. The summed E-state index contributed by atoms with van der Waals surface area (Å²) in [4.78, 5) is 34.5. The lowest BCUT2D eigenvalue weighted by Gasteiger charge is -2.07. The fourth-order valence-corrected chi connectivity index (χ4v) is 2.53. The fraction of sp³-hybridized carbons (Fsp3) is 0.438. The number of unbranched alkanes of at least 4 members (excludes halogenated alkanes) is 1. The molecule has 0 spiro atoms. The number of amides is 2. The van der Waals surface area contributed by atoms with E-state index < -0.39 is 5.97 Å². The van der Waals surface area contributed by atoms with Crippen LogP contribution in [0.2, 0.25) is 0 Å². The van der Waals surface area contributed by atoms with Crippen LogP contribution in [-0.4, -0.2) is 42.9 Å². The number of rotatable bonds is 9. The van der Waals surface area contributed by atoms with E-state index in [9.17, 15) is 14.4 Å². The van der Waals surface area contributed by atoms with Gasteiger partial charge < -0.3 is 15.4 Å². The smallest absolute Gasteiger partial charge is 0.325 e. The van der Waals surface area contributed by atoms with E-state index in [-0.39, 0.29) is 18.4 Å². The summed E-state index contributed by atoms with van der Waals surface area (Å²) in [6.07, 6.45) is 2.22. The Labute approximate surface area is 140 Å². The molecule has 0 bridgehead atoms. The summed E-state index contributed by atoms with van der Waals surface area (Å²) in [5, 5.41) is 5.22. The number of hydrogen-bond acceptors (Lipinski definition) is 5. The maximum atomic E-state index is 11.8. The number of ether oxygens (including phenoxy) is 1. The van der Waals surface area contributed by atoms with E-state index in [2.05, 4.69) is 22.3 Å². The lowest BCUT2D eigenvalue weighted by atomic mass is 10.2.